The van der Waals surface area contributed by atoms with Gasteiger partial charge in [-0.05, 0) is 32.0 Å². The zero-order valence-electron chi connectivity index (χ0n) is 15.6. The van der Waals surface area contributed by atoms with E-state index in [-0.39, 0.29) is 35.0 Å². The van der Waals surface area contributed by atoms with E-state index in [0.29, 0.717) is 17.2 Å². The van der Waals surface area contributed by atoms with Crippen molar-refractivity contribution in [3.63, 3.8) is 0 Å². The Labute approximate surface area is 164 Å². The van der Waals surface area contributed by atoms with Crippen LogP contribution < -0.4 is 4.74 Å². The molecule has 0 saturated heterocycles. The van der Waals surface area contributed by atoms with Gasteiger partial charge in [-0.3, -0.25) is 14.8 Å². The molecule has 0 radical (unpaired) electrons. The van der Waals surface area contributed by atoms with Gasteiger partial charge in [-0.25, -0.2) is 18.3 Å². The highest BCUT2D eigenvalue weighted by Crippen LogP contribution is 2.25. The van der Waals surface area contributed by atoms with Gasteiger partial charge >= 0.3 is 0 Å². The Bertz CT molecular complexity index is 1240. The van der Waals surface area contributed by atoms with Crippen LogP contribution in [0, 0.1) is 25.5 Å². The first-order valence-corrected chi connectivity index (χ1v) is 8.70. The molecule has 0 aliphatic carbocycles. The second kappa shape index (κ2) is 7.34. The van der Waals surface area contributed by atoms with Crippen molar-refractivity contribution in [2.24, 2.45) is 0 Å². The molecule has 0 spiro atoms. The van der Waals surface area contributed by atoms with Crippen molar-refractivity contribution in [1.29, 1.82) is 0 Å². The molecule has 0 bridgehead atoms. The molecule has 9 heteroatoms. The standard InChI is InChI=1S/C20H15F2N5O2/c1-11-18(22)4-3-14(24-11)6-19(28)17-7-16(10-27-20(17)25-12(2)26-27)29-15-5-13(21)8-23-9-15/h3-5,7-10H,6H2,1-2H3. The summed E-state index contributed by atoms with van der Waals surface area (Å²) in [6, 6.07) is 5.42. The van der Waals surface area contributed by atoms with E-state index in [9.17, 15) is 13.6 Å². The second-order valence-corrected chi connectivity index (χ2v) is 6.43. The van der Waals surface area contributed by atoms with Gasteiger partial charge in [0.1, 0.15) is 29.0 Å². The lowest BCUT2D eigenvalue weighted by molar-refractivity contribution is 0.0992. The molecule has 0 aliphatic heterocycles. The summed E-state index contributed by atoms with van der Waals surface area (Å²) in [7, 11) is 0. The van der Waals surface area contributed by atoms with Gasteiger partial charge < -0.3 is 4.74 Å². The highest BCUT2D eigenvalue weighted by atomic mass is 19.1. The number of aromatic nitrogens is 5. The zero-order valence-corrected chi connectivity index (χ0v) is 15.6. The number of ether oxygens (including phenoxy) is 1. The Kier molecular flexibility index (Phi) is 4.71. The molecular formula is C20H15F2N5O2. The van der Waals surface area contributed by atoms with Crippen molar-refractivity contribution in [3.05, 3.63) is 77.3 Å². The summed E-state index contributed by atoms with van der Waals surface area (Å²) >= 11 is 0. The summed E-state index contributed by atoms with van der Waals surface area (Å²) in [6.45, 7) is 3.23. The van der Waals surface area contributed by atoms with Crippen molar-refractivity contribution in [1.82, 2.24) is 24.6 Å². The predicted octanol–water partition coefficient (Wildman–Crippen LogP) is 3.63. The monoisotopic (exact) mass is 395 g/mol. The van der Waals surface area contributed by atoms with Gasteiger partial charge in [0.05, 0.1) is 36.3 Å². The smallest absolute Gasteiger partial charge is 0.172 e. The molecule has 0 amide bonds. The Morgan fingerprint density at radius 1 is 1.10 bits per heavy atom. The van der Waals surface area contributed by atoms with Crippen LogP contribution in [0.2, 0.25) is 0 Å². The number of ketones is 1. The van der Waals surface area contributed by atoms with Crippen LogP contribution in [0.25, 0.3) is 5.65 Å². The lowest BCUT2D eigenvalue weighted by atomic mass is 10.1. The van der Waals surface area contributed by atoms with Gasteiger partial charge in [0, 0.05) is 11.8 Å². The number of pyridine rings is 3. The van der Waals surface area contributed by atoms with Crippen LogP contribution in [-0.2, 0) is 6.42 Å². The number of fused-ring (bicyclic) bond motifs is 1. The molecule has 4 heterocycles. The van der Waals surface area contributed by atoms with Crippen molar-refractivity contribution in [3.8, 4) is 11.5 Å². The van der Waals surface area contributed by atoms with E-state index in [4.69, 9.17) is 4.74 Å². The Morgan fingerprint density at radius 3 is 2.69 bits per heavy atom. The normalized spacial score (nSPS) is 11.0. The number of halogens is 2. The summed E-state index contributed by atoms with van der Waals surface area (Å²) < 4.78 is 33.9. The van der Waals surface area contributed by atoms with Crippen LogP contribution in [0.1, 0.15) is 27.6 Å². The minimum absolute atomic E-state index is 0.0480. The van der Waals surface area contributed by atoms with Crippen LogP contribution in [0.15, 0.2) is 42.9 Å². The molecule has 0 aromatic carbocycles. The molecule has 0 saturated carbocycles. The van der Waals surface area contributed by atoms with E-state index < -0.39 is 11.6 Å². The van der Waals surface area contributed by atoms with Crippen molar-refractivity contribution >= 4 is 11.4 Å². The minimum Gasteiger partial charge on any atom is -0.454 e. The number of Topliss-reactive ketones (excluding diaryl/α,β-unsaturated/α-hetero) is 1. The van der Waals surface area contributed by atoms with E-state index in [0.717, 1.165) is 6.20 Å². The third kappa shape index (κ3) is 3.93. The number of nitrogens with zero attached hydrogens (tertiary/aromatic N) is 5. The van der Waals surface area contributed by atoms with E-state index >= 15 is 0 Å². The van der Waals surface area contributed by atoms with Crippen LogP contribution in [0.3, 0.4) is 0 Å². The predicted molar refractivity (Wildman–Crippen MR) is 99.0 cm³/mol. The molecule has 4 aromatic rings. The highest BCUT2D eigenvalue weighted by Gasteiger charge is 2.18. The maximum Gasteiger partial charge on any atom is 0.172 e. The first-order chi connectivity index (χ1) is 13.9. The molecule has 0 atom stereocenters. The average Bonchev–Trinajstić information content (AvgIpc) is 3.04. The summed E-state index contributed by atoms with van der Waals surface area (Å²) in [5.41, 5.74) is 1.27. The number of carbonyl (C=O) groups is 1. The van der Waals surface area contributed by atoms with Crippen LogP contribution >= 0.6 is 0 Å². The first-order valence-electron chi connectivity index (χ1n) is 8.70. The van der Waals surface area contributed by atoms with Gasteiger partial charge in [0.25, 0.3) is 0 Å². The van der Waals surface area contributed by atoms with Gasteiger partial charge in [-0.15, -0.1) is 0 Å². The van der Waals surface area contributed by atoms with Crippen molar-refractivity contribution < 1.29 is 18.3 Å². The molecule has 0 unspecified atom stereocenters. The summed E-state index contributed by atoms with van der Waals surface area (Å²) in [5, 5.41) is 4.23. The summed E-state index contributed by atoms with van der Waals surface area (Å²) in [5.74, 6) is -0.357. The number of hydrogen-bond donors (Lipinski definition) is 0. The SMILES string of the molecule is Cc1nc2c(C(=O)Cc3ccc(F)c(C)n3)cc(Oc3cncc(F)c3)cn2n1. The van der Waals surface area contributed by atoms with Crippen LogP contribution in [0.5, 0.6) is 11.5 Å². The van der Waals surface area contributed by atoms with Crippen LogP contribution in [0.4, 0.5) is 8.78 Å². The lowest BCUT2D eigenvalue weighted by Gasteiger charge is -2.09. The summed E-state index contributed by atoms with van der Waals surface area (Å²) in [4.78, 5) is 25.1. The average molecular weight is 395 g/mol. The largest absolute Gasteiger partial charge is 0.454 e. The van der Waals surface area contributed by atoms with E-state index in [1.54, 1.807) is 6.92 Å². The van der Waals surface area contributed by atoms with Gasteiger partial charge in [0.2, 0.25) is 0 Å². The van der Waals surface area contributed by atoms with E-state index in [1.165, 1.54) is 48.1 Å². The lowest BCUT2D eigenvalue weighted by Crippen LogP contribution is -2.09. The fourth-order valence-corrected chi connectivity index (χ4v) is 2.87. The summed E-state index contributed by atoms with van der Waals surface area (Å²) in [6.07, 6.45) is 3.90. The van der Waals surface area contributed by atoms with Gasteiger partial charge in [-0.2, -0.15) is 5.10 Å². The molecular weight excluding hydrogens is 380 g/mol. The van der Waals surface area contributed by atoms with E-state index in [2.05, 4.69) is 20.1 Å². The van der Waals surface area contributed by atoms with Gasteiger partial charge in [0.15, 0.2) is 11.4 Å². The third-order valence-electron chi connectivity index (χ3n) is 4.15. The fraction of sp³-hybridized carbons (Fsp3) is 0.150. The minimum atomic E-state index is -0.547. The van der Waals surface area contributed by atoms with E-state index in [1.807, 2.05) is 0 Å². The number of aryl methyl sites for hydroxylation is 2. The van der Waals surface area contributed by atoms with Crippen molar-refractivity contribution in [2.45, 2.75) is 20.3 Å². The Morgan fingerprint density at radius 2 is 1.93 bits per heavy atom. The Balaban J connectivity index is 1.71. The Hall–Kier alpha value is -3.75. The molecule has 4 aromatic heterocycles. The number of carbonyl (C=O) groups excluding carboxylic acids is 1. The molecule has 29 heavy (non-hydrogen) atoms. The molecule has 4 rings (SSSR count). The molecule has 0 N–H and O–H groups in total. The third-order valence-corrected chi connectivity index (χ3v) is 4.15. The van der Waals surface area contributed by atoms with Crippen molar-refractivity contribution in [2.75, 3.05) is 0 Å². The number of rotatable bonds is 5. The quantitative estimate of drug-likeness (QED) is 0.480. The van der Waals surface area contributed by atoms with Crippen LogP contribution in [-0.4, -0.2) is 30.3 Å². The molecule has 146 valence electrons. The second-order valence-electron chi connectivity index (χ2n) is 6.43. The first kappa shape index (κ1) is 18.6. The maximum absolute atomic E-state index is 13.4. The zero-order chi connectivity index (χ0) is 20.5. The fourth-order valence-electron chi connectivity index (χ4n) is 2.87. The molecule has 7 nitrogen and oxygen atoms in total. The molecule has 0 fully saturated rings. The topological polar surface area (TPSA) is 82.3 Å². The maximum atomic E-state index is 13.4. The van der Waals surface area contributed by atoms with Gasteiger partial charge in [-0.1, -0.05) is 0 Å². The molecule has 0 aliphatic rings. The number of hydrogen-bond acceptors (Lipinski definition) is 6. The highest BCUT2D eigenvalue weighted by molar-refractivity contribution is 6.02.